The molecule has 4 nitrogen and oxygen atoms in total. The first-order valence-electron chi connectivity index (χ1n) is 8.31. The molecule has 140 valence electrons. The summed E-state index contributed by atoms with van der Waals surface area (Å²) < 4.78 is 10.9. The van der Waals surface area contributed by atoms with Gasteiger partial charge in [0.25, 0.3) is 0 Å². The highest BCUT2D eigenvalue weighted by Gasteiger charge is 2.23. The van der Waals surface area contributed by atoms with E-state index in [1.54, 1.807) is 14.2 Å². The molecule has 0 unspecified atom stereocenters. The number of methoxy groups -OCH3 is 2. The van der Waals surface area contributed by atoms with Gasteiger partial charge >= 0.3 is 0 Å². The molecule has 2 rings (SSSR count). The summed E-state index contributed by atoms with van der Waals surface area (Å²) in [5, 5.41) is 3.44. The van der Waals surface area contributed by atoms with Gasteiger partial charge in [-0.25, -0.2) is 0 Å². The molecule has 1 N–H and O–H groups in total. The highest BCUT2D eigenvalue weighted by Crippen LogP contribution is 2.33. The van der Waals surface area contributed by atoms with Crippen molar-refractivity contribution in [2.45, 2.75) is 32.7 Å². The Morgan fingerprint density at radius 1 is 0.958 bits per heavy atom. The smallest absolute Gasteiger partial charge is 0.122 e. The lowest BCUT2D eigenvalue weighted by Crippen LogP contribution is -2.45. The molecule has 1 heterocycles. The average molecular weight is 379 g/mol. The molecule has 0 aliphatic carbocycles. The van der Waals surface area contributed by atoms with Crippen LogP contribution in [0.15, 0.2) is 18.2 Å². The van der Waals surface area contributed by atoms with Gasteiger partial charge in [-0.1, -0.05) is 13.8 Å². The SMILES string of the molecule is COc1cc(OC)cc([C@H](CCC(C)C)N2CCNCC2)c1.Cl.Cl. The number of hydrogen-bond donors (Lipinski definition) is 1. The van der Waals surface area contributed by atoms with Crippen molar-refractivity contribution in [3.05, 3.63) is 23.8 Å². The number of ether oxygens (including phenoxy) is 2. The average Bonchev–Trinajstić information content (AvgIpc) is 2.55. The molecule has 0 amide bonds. The van der Waals surface area contributed by atoms with Crippen LogP contribution in [0.5, 0.6) is 11.5 Å². The topological polar surface area (TPSA) is 33.7 Å². The molecule has 1 aromatic rings. The van der Waals surface area contributed by atoms with Gasteiger partial charge in [0, 0.05) is 38.3 Å². The Bertz CT molecular complexity index is 444. The fraction of sp³-hybridized carbons (Fsp3) is 0.667. The zero-order valence-electron chi connectivity index (χ0n) is 15.2. The molecule has 1 saturated heterocycles. The number of hydrogen-bond acceptors (Lipinski definition) is 4. The summed E-state index contributed by atoms with van der Waals surface area (Å²) in [4.78, 5) is 2.59. The quantitative estimate of drug-likeness (QED) is 0.778. The first-order chi connectivity index (χ1) is 10.6. The molecule has 1 aliphatic rings. The maximum absolute atomic E-state index is 5.45. The van der Waals surface area contributed by atoms with Gasteiger partial charge in [-0.2, -0.15) is 0 Å². The van der Waals surface area contributed by atoms with Crippen molar-refractivity contribution < 1.29 is 9.47 Å². The maximum Gasteiger partial charge on any atom is 0.122 e. The van der Waals surface area contributed by atoms with E-state index in [2.05, 4.69) is 36.2 Å². The fourth-order valence-electron chi connectivity index (χ4n) is 3.07. The van der Waals surface area contributed by atoms with Crippen LogP contribution in [0.1, 0.15) is 38.3 Å². The van der Waals surface area contributed by atoms with Gasteiger partial charge in [0.2, 0.25) is 0 Å². The van der Waals surface area contributed by atoms with Crippen LogP contribution in [0.3, 0.4) is 0 Å². The lowest BCUT2D eigenvalue weighted by molar-refractivity contribution is 0.159. The summed E-state index contributed by atoms with van der Waals surface area (Å²) in [5.74, 6) is 2.47. The Morgan fingerprint density at radius 2 is 1.50 bits per heavy atom. The molecular weight excluding hydrogens is 347 g/mol. The third kappa shape index (κ3) is 6.67. The third-order valence-electron chi connectivity index (χ3n) is 4.37. The monoisotopic (exact) mass is 378 g/mol. The molecule has 1 atom stereocenters. The fourth-order valence-corrected chi connectivity index (χ4v) is 3.07. The number of nitrogens with zero attached hydrogens (tertiary/aromatic N) is 1. The number of piperazine rings is 1. The normalized spacial score (nSPS) is 16.0. The van der Waals surface area contributed by atoms with E-state index in [0.717, 1.165) is 43.6 Å². The largest absolute Gasteiger partial charge is 0.497 e. The molecule has 1 fully saturated rings. The second-order valence-corrected chi connectivity index (χ2v) is 6.42. The number of nitrogens with one attached hydrogen (secondary N) is 1. The van der Waals surface area contributed by atoms with Crippen LogP contribution >= 0.6 is 24.8 Å². The van der Waals surface area contributed by atoms with Gasteiger partial charge < -0.3 is 14.8 Å². The van der Waals surface area contributed by atoms with Gasteiger partial charge in [-0.15, -0.1) is 24.8 Å². The molecular formula is C18H32Cl2N2O2. The number of benzene rings is 1. The second kappa shape index (κ2) is 11.8. The van der Waals surface area contributed by atoms with Crippen molar-refractivity contribution in [3.63, 3.8) is 0 Å². The summed E-state index contributed by atoms with van der Waals surface area (Å²) in [6.07, 6.45) is 2.40. The van der Waals surface area contributed by atoms with Crippen molar-refractivity contribution in [2.75, 3.05) is 40.4 Å². The highest BCUT2D eigenvalue weighted by atomic mass is 35.5. The molecule has 0 bridgehead atoms. The standard InChI is InChI=1S/C18H30N2O2.2ClH/c1-14(2)5-6-18(20-9-7-19-8-10-20)15-11-16(21-3)13-17(12-15)22-4;;/h11-14,18-19H,5-10H2,1-4H3;2*1H/t18-;;/m0../s1. The first kappa shape index (κ1) is 23.3. The minimum absolute atomic E-state index is 0. The zero-order valence-corrected chi connectivity index (χ0v) is 16.8. The Labute approximate surface area is 159 Å². The van der Waals surface area contributed by atoms with Crippen LogP contribution < -0.4 is 14.8 Å². The minimum atomic E-state index is 0. The van der Waals surface area contributed by atoms with Crippen LogP contribution in [0.2, 0.25) is 0 Å². The zero-order chi connectivity index (χ0) is 15.9. The molecule has 0 saturated carbocycles. The van der Waals surface area contributed by atoms with Crippen LogP contribution in [0.4, 0.5) is 0 Å². The lowest BCUT2D eigenvalue weighted by atomic mass is 9.95. The second-order valence-electron chi connectivity index (χ2n) is 6.42. The van der Waals surface area contributed by atoms with Gasteiger partial charge in [-0.3, -0.25) is 4.90 Å². The summed E-state index contributed by atoms with van der Waals surface area (Å²) in [6, 6.07) is 6.71. The van der Waals surface area contributed by atoms with E-state index in [0.29, 0.717) is 6.04 Å². The summed E-state index contributed by atoms with van der Waals surface area (Å²) >= 11 is 0. The minimum Gasteiger partial charge on any atom is -0.497 e. The Morgan fingerprint density at radius 3 is 1.96 bits per heavy atom. The van der Waals surface area contributed by atoms with Gasteiger partial charge in [0.15, 0.2) is 0 Å². The third-order valence-corrected chi connectivity index (χ3v) is 4.37. The van der Waals surface area contributed by atoms with Crippen molar-refractivity contribution in [2.24, 2.45) is 5.92 Å². The molecule has 1 aromatic carbocycles. The highest BCUT2D eigenvalue weighted by molar-refractivity contribution is 5.85. The van der Waals surface area contributed by atoms with E-state index in [4.69, 9.17) is 9.47 Å². The van der Waals surface area contributed by atoms with Crippen molar-refractivity contribution in [1.29, 1.82) is 0 Å². The Hall–Kier alpha value is -0.680. The van der Waals surface area contributed by atoms with E-state index < -0.39 is 0 Å². The maximum atomic E-state index is 5.45. The first-order valence-corrected chi connectivity index (χ1v) is 8.31. The molecule has 1 aliphatic heterocycles. The van der Waals surface area contributed by atoms with E-state index in [1.165, 1.54) is 18.4 Å². The van der Waals surface area contributed by atoms with Crippen LogP contribution in [0.25, 0.3) is 0 Å². The Kier molecular flexibility index (Phi) is 11.5. The van der Waals surface area contributed by atoms with Gasteiger partial charge in [-0.05, 0) is 36.5 Å². The van der Waals surface area contributed by atoms with Crippen LogP contribution in [-0.4, -0.2) is 45.3 Å². The predicted molar refractivity (Wildman–Crippen MR) is 105 cm³/mol. The summed E-state index contributed by atoms with van der Waals surface area (Å²) in [5.41, 5.74) is 1.30. The lowest BCUT2D eigenvalue weighted by Gasteiger charge is -2.36. The number of halogens is 2. The molecule has 0 aromatic heterocycles. The van der Waals surface area contributed by atoms with E-state index >= 15 is 0 Å². The van der Waals surface area contributed by atoms with E-state index in [9.17, 15) is 0 Å². The van der Waals surface area contributed by atoms with Gasteiger partial charge in [0.05, 0.1) is 14.2 Å². The molecule has 24 heavy (non-hydrogen) atoms. The van der Waals surface area contributed by atoms with E-state index in [-0.39, 0.29) is 24.8 Å². The number of rotatable bonds is 7. The van der Waals surface area contributed by atoms with Crippen molar-refractivity contribution in [1.82, 2.24) is 10.2 Å². The van der Waals surface area contributed by atoms with E-state index in [1.807, 2.05) is 6.07 Å². The summed E-state index contributed by atoms with van der Waals surface area (Å²) in [6.45, 7) is 8.92. The predicted octanol–water partition coefficient (Wildman–Crippen LogP) is 3.93. The Balaban J connectivity index is 0.00000264. The van der Waals surface area contributed by atoms with Crippen LogP contribution in [-0.2, 0) is 0 Å². The van der Waals surface area contributed by atoms with Gasteiger partial charge in [0.1, 0.15) is 11.5 Å². The molecule has 0 spiro atoms. The van der Waals surface area contributed by atoms with Crippen LogP contribution in [0, 0.1) is 5.92 Å². The van der Waals surface area contributed by atoms with Crippen molar-refractivity contribution >= 4 is 24.8 Å². The molecule has 0 radical (unpaired) electrons. The molecule has 6 heteroatoms. The summed E-state index contributed by atoms with van der Waals surface area (Å²) in [7, 11) is 3.43. The van der Waals surface area contributed by atoms with Crippen molar-refractivity contribution in [3.8, 4) is 11.5 Å².